The van der Waals surface area contributed by atoms with Gasteiger partial charge in [0.05, 0.1) is 5.01 Å². The molecule has 3 nitrogen and oxygen atoms in total. The third-order valence-electron chi connectivity index (χ3n) is 1.88. The summed E-state index contributed by atoms with van der Waals surface area (Å²) in [6.45, 7) is 4.04. The van der Waals surface area contributed by atoms with E-state index in [1.165, 1.54) is 0 Å². The van der Waals surface area contributed by atoms with Crippen LogP contribution in [0.2, 0.25) is 0 Å². The van der Waals surface area contributed by atoms with Gasteiger partial charge in [0.15, 0.2) is 0 Å². The van der Waals surface area contributed by atoms with Crippen LogP contribution in [0.15, 0.2) is 5.38 Å². The molecule has 0 aliphatic heterocycles. The molecule has 1 unspecified atom stereocenters. The van der Waals surface area contributed by atoms with Gasteiger partial charge in [-0.05, 0) is 13.3 Å². The highest BCUT2D eigenvalue weighted by molar-refractivity contribution is 7.09. The maximum absolute atomic E-state index is 10.5. The number of nitrogens with zero attached hydrogens (tertiary/aromatic N) is 1. The van der Waals surface area contributed by atoms with Crippen molar-refractivity contribution in [3.8, 4) is 0 Å². The van der Waals surface area contributed by atoms with Gasteiger partial charge in [-0.3, -0.25) is 4.79 Å². The summed E-state index contributed by atoms with van der Waals surface area (Å²) in [5, 5.41) is 3.12. The Kier molecular flexibility index (Phi) is 3.42. The Labute approximate surface area is 82.0 Å². The van der Waals surface area contributed by atoms with Crippen molar-refractivity contribution < 1.29 is 4.79 Å². The van der Waals surface area contributed by atoms with Gasteiger partial charge in [-0.25, -0.2) is 4.98 Å². The van der Waals surface area contributed by atoms with E-state index in [9.17, 15) is 4.79 Å². The second-order valence-electron chi connectivity index (χ2n) is 3.23. The molecular weight excluding hydrogens is 184 g/mol. The van der Waals surface area contributed by atoms with Gasteiger partial charge in [0.25, 0.3) is 0 Å². The van der Waals surface area contributed by atoms with Crippen molar-refractivity contribution in [3.63, 3.8) is 0 Å². The quantitative estimate of drug-likeness (QED) is 0.802. The van der Waals surface area contributed by atoms with Crippen LogP contribution in [-0.2, 0) is 4.79 Å². The number of aromatic nitrogens is 1. The largest absolute Gasteiger partial charge is 0.370 e. The van der Waals surface area contributed by atoms with E-state index in [0.29, 0.717) is 12.3 Å². The first-order valence-corrected chi connectivity index (χ1v) is 5.18. The van der Waals surface area contributed by atoms with Crippen LogP contribution in [0.5, 0.6) is 0 Å². The van der Waals surface area contributed by atoms with Crippen molar-refractivity contribution in [2.24, 2.45) is 5.73 Å². The Morgan fingerprint density at radius 2 is 2.46 bits per heavy atom. The fraction of sp³-hybridized carbons (Fsp3) is 0.556. The third kappa shape index (κ3) is 3.14. The molecule has 2 N–H and O–H groups in total. The maximum Gasteiger partial charge on any atom is 0.217 e. The summed E-state index contributed by atoms with van der Waals surface area (Å²) in [6, 6.07) is 0. The molecule has 1 aromatic rings. The summed E-state index contributed by atoms with van der Waals surface area (Å²) in [6.07, 6.45) is 1.24. The Morgan fingerprint density at radius 1 is 1.77 bits per heavy atom. The lowest BCUT2D eigenvalue weighted by Gasteiger charge is -2.05. The highest BCUT2D eigenvalue weighted by Gasteiger charge is 2.10. The number of carbonyl (C=O) groups excluding carboxylic acids is 1. The van der Waals surface area contributed by atoms with Crippen LogP contribution in [0.3, 0.4) is 0 Å². The zero-order valence-corrected chi connectivity index (χ0v) is 8.73. The topological polar surface area (TPSA) is 56.0 Å². The van der Waals surface area contributed by atoms with Gasteiger partial charge in [-0.1, -0.05) is 6.92 Å². The molecule has 1 amide bonds. The zero-order valence-electron chi connectivity index (χ0n) is 7.91. The number of hydrogen-bond donors (Lipinski definition) is 1. The van der Waals surface area contributed by atoms with Gasteiger partial charge < -0.3 is 5.73 Å². The minimum Gasteiger partial charge on any atom is -0.370 e. The van der Waals surface area contributed by atoms with E-state index in [2.05, 4.69) is 11.9 Å². The molecule has 0 saturated carbocycles. The second kappa shape index (κ2) is 4.37. The normalized spacial score (nSPS) is 12.8. The highest BCUT2D eigenvalue weighted by atomic mass is 32.1. The predicted octanol–water partition coefficient (Wildman–Crippen LogP) is 1.82. The molecule has 0 aliphatic rings. The molecule has 0 bridgehead atoms. The van der Waals surface area contributed by atoms with E-state index < -0.39 is 0 Å². The van der Waals surface area contributed by atoms with E-state index in [1.807, 2.05) is 12.3 Å². The van der Waals surface area contributed by atoms with Crippen LogP contribution in [0.25, 0.3) is 0 Å². The fourth-order valence-electron chi connectivity index (χ4n) is 1.08. The minimum atomic E-state index is -0.236. The third-order valence-corrected chi connectivity index (χ3v) is 3.08. The van der Waals surface area contributed by atoms with Gasteiger partial charge in [-0.15, -0.1) is 11.3 Å². The van der Waals surface area contributed by atoms with E-state index in [4.69, 9.17) is 5.73 Å². The van der Waals surface area contributed by atoms with E-state index >= 15 is 0 Å². The van der Waals surface area contributed by atoms with Gasteiger partial charge in [0.1, 0.15) is 0 Å². The summed E-state index contributed by atoms with van der Waals surface area (Å²) in [5.74, 6) is 0.103. The number of amides is 1. The zero-order chi connectivity index (χ0) is 9.84. The molecule has 0 saturated heterocycles. The summed E-state index contributed by atoms with van der Waals surface area (Å²) >= 11 is 1.65. The Balaban J connectivity index is 2.48. The van der Waals surface area contributed by atoms with Crippen LogP contribution in [0, 0.1) is 6.92 Å². The average Bonchev–Trinajstić information content (AvgIpc) is 2.47. The Morgan fingerprint density at radius 3 is 2.92 bits per heavy atom. The molecule has 1 heterocycles. The molecule has 0 aliphatic carbocycles. The number of nitrogens with two attached hydrogens (primary N) is 1. The van der Waals surface area contributed by atoms with Crippen molar-refractivity contribution in [2.75, 3.05) is 0 Å². The lowest BCUT2D eigenvalue weighted by molar-refractivity contribution is -0.118. The summed E-state index contributed by atoms with van der Waals surface area (Å²) in [5.41, 5.74) is 6.12. The van der Waals surface area contributed by atoms with Gasteiger partial charge >= 0.3 is 0 Å². The van der Waals surface area contributed by atoms with Crippen molar-refractivity contribution in [1.29, 1.82) is 0 Å². The molecule has 0 aromatic carbocycles. The van der Waals surface area contributed by atoms with E-state index in [0.717, 1.165) is 17.1 Å². The summed E-state index contributed by atoms with van der Waals surface area (Å²) in [4.78, 5) is 14.9. The maximum atomic E-state index is 10.5. The predicted molar refractivity (Wildman–Crippen MR) is 53.7 cm³/mol. The number of hydrogen-bond acceptors (Lipinski definition) is 3. The number of aryl methyl sites for hydroxylation is 1. The molecule has 1 rings (SSSR count). The van der Waals surface area contributed by atoms with Gasteiger partial charge in [0, 0.05) is 23.4 Å². The molecule has 72 valence electrons. The van der Waals surface area contributed by atoms with Crippen molar-refractivity contribution in [3.05, 3.63) is 16.1 Å². The highest BCUT2D eigenvalue weighted by Crippen LogP contribution is 2.23. The van der Waals surface area contributed by atoms with Crippen LogP contribution in [0.4, 0.5) is 0 Å². The lowest BCUT2D eigenvalue weighted by atomic mass is 10.1. The first-order chi connectivity index (χ1) is 6.09. The molecule has 0 spiro atoms. The van der Waals surface area contributed by atoms with Crippen molar-refractivity contribution in [2.45, 2.75) is 32.6 Å². The molecular formula is C9H14N2OS. The average molecular weight is 198 g/mol. The molecule has 1 atom stereocenters. The number of thiazole rings is 1. The van der Waals surface area contributed by atoms with Crippen LogP contribution in [-0.4, -0.2) is 10.9 Å². The molecule has 4 heteroatoms. The molecule has 1 aromatic heterocycles. The number of carbonyl (C=O) groups is 1. The second-order valence-corrected chi connectivity index (χ2v) is 4.12. The monoisotopic (exact) mass is 198 g/mol. The first-order valence-electron chi connectivity index (χ1n) is 4.30. The Bertz CT molecular complexity index is 296. The molecule has 0 radical (unpaired) electrons. The SMILES string of the molecule is Cc1csc(C(C)CCC(N)=O)n1. The standard InChI is InChI=1S/C9H14N2OS/c1-6(3-4-8(10)12)9-11-7(2)5-13-9/h5-6H,3-4H2,1-2H3,(H2,10,12). The van der Waals surface area contributed by atoms with E-state index in [-0.39, 0.29) is 5.91 Å². The lowest BCUT2D eigenvalue weighted by Crippen LogP contribution is -2.11. The van der Waals surface area contributed by atoms with Gasteiger partial charge in [-0.2, -0.15) is 0 Å². The minimum absolute atomic E-state index is 0.236. The summed E-state index contributed by atoms with van der Waals surface area (Å²) in [7, 11) is 0. The van der Waals surface area contributed by atoms with Crippen LogP contribution >= 0.6 is 11.3 Å². The Hall–Kier alpha value is -0.900. The number of primary amides is 1. The fourth-order valence-corrected chi connectivity index (χ4v) is 1.97. The number of rotatable bonds is 4. The van der Waals surface area contributed by atoms with E-state index in [1.54, 1.807) is 11.3 Å². The van der Waals surface area contributed by atoms with Crippen LogP contribution < -0.4 is 5.73 Å². The van der Waals surface area contributed by atoms with Crippen LogP contribution in [0.1, 0.15) is 36.4 Å². The molecule has 13 heavy (non-hydrogen) atoms. The smallest absolute Gasteiger partial charge is 0.217 e. The van der Waals surface area contributed by atoms with Crippen molar-refractivity contribution >= 4 is 17.2 Å². The molecule has 0 fully saturated rings. The van der Waals surface area contributed by atoms with Gasteiger partial charge in [0.2, 0.25) is 5.91 Å². The van der Waals surface area contributed by atoms with Crippen molar-refractivity contribution in [1.82, 2.24) is 4.98 Å². The summed E-state index contributed by atoms with van der Waals surface area (Å²) < 4.78 is 0. The first kappa shape index (κ1) is 10.2.